The lowest BCUT2D eigenvalue weighted by molar-refractivity contribution is 0.574. The van der Waals surface area contributed by atoms with Crippen LogP contribution in [0, 0.1) is 19.7 Å². The van der Waals surface area contributed by atoms with Crippen LogP contribution in [0.15, 0.2) is 35.4 Å². The molecule has 0 aliphatic heterocycles. The fourth-order valence-electron chi connectivity index (χ4n) is 3.38. The van der Waals surface area contributed by atoms with Crippen molar-refractivity contribution in [3.8, 4) is 11.4 Å². The molecular formula is C20H20FN5O. The molecule has 0 atom stereocenters. The average Bonchev–Trinajstić information content (AvgIpc) is 2.98. The predicted octanol–water partition coefficient (Wildman–Crippen LogP) is 3.46. The lowest BCUT2D eigenvalue weighted by Crippen LogP contribution is -2.30. The minimum absolute atomic E-state index is 0.287. The second-order valence-electron chi connectivity index (χ2n) is 7.79. The molecule has 0 radical (unpaired) electrons. The van der Waals surface area contributed by atoms with Crippen LogP contribution in [0.1, 0.15) is 37.7 Å². The van der Waals surface area contributed by atoms with Gasteiger partial charge in [-0.25, -0.2) is 13.9 Å². The first-order chi connectivity index (χ1) is 12.6. The number of halogens is 1. The molecule has 4 aromatic rings. The van der Waals surface area contributed by atoms with Crippen LogP contribution in [0.4, 0.5) is 4.39 Å². The lowest BCUT2D eigenvalue weighted by atomic mass is 9.85. The highest BCUT2D eigenvalue weighted by molar-refractivity contribution is 5.69. The van der Waals surface area contributed by atoms with Crippen LogP contribution in [-0.2, 0) is 5.41 Å². The summed E-state index contributed by atoms with van der Waals surface area (Å²) >= 11 is 0. The van der Waals surface area contributed by atoms with Crippen molar-refractivity contribution in [1.29, 1.82) is 0 Å². The first-order valence-electron chi connectivity index (χ1n) is 8.71. The average molecular weight is 365 g/mol. The molecule has 7 heteroatoms. The number of fused-ring (bicyclic) bond motifs is 2. The molecule has 0 saturated heterocycles. The zero-order valence-corrected chi connectivity index (χ0v) is 15.9. The Morgan fingerprint density at radius 1 is 1.07 bits per heavy atom. The standard InChI is InChI=1S/C20H20FN5O/c1-11-9-26-15(12(2)22-11)8-14(24-26)18-17(20(3,4)5)19(27)25-10-13(21)6-7-16(25)23-18/h6-10H,1-5H3. The topological polar surface area (TPSA) is 64.6 Å². The van der Waals surface area contributed by atoms with Gasteiger partial charge in [-0.3, -0.25) is 14.2 Å². The Morgan fingerprint density at radius 2 is 1.81 bits per heavy atom. The molecule has 0 spiro atoms. The lowest BCUT2D eigenvalue weighted by Gasteiger charge is -2.21. The van der Waals surface area contributed by atoms with Gasteiger partial charge in [-0.15, -0.1) is 0 Å². The molecule has 0 saturated carbocycles. The summed E-state index contributed by atoms with van der Waals surface area (Å²) in [6.45, 7) is 9.64. The van der Waals surface area contributed by atoms with Crippen LogP contribution in [0.3, 0.4) is 0 Å². The highest BCUT2D eigenvalue weighted by Crippen LogP contribution is 2.30. The Morgan fingerprint density at radius 3 is 2.52 bits per heavy atom. The first kappa shape index (κ1) is 17.3. The van der Waals surface area contributed by atoms with Crippen molar-refractivity contribution in [3.05, 3.63) is 63.7 Å². The molecule has 0 aromatic carbocycles. The van der Waals surface area contributed by atoms with Crippen LogP contribution in [0.2, 0.25) is 0 Å². The van der Waals surface area contributed by atoms with E-state index >= 15 is 0 Å². The Hall–Kier alpha value is -3.09. The molecule has 6 nitrogen and oxygen atoms in total. The largest absolute Gasteiger partial charge is 0.269 e. The molecule has 138 valence electrons. The zero-order chi connectivity index (χ0) is 19.5. The Kier molecular flexibility index (Phi) is 3.66. The summed E-state index contributed by atoms with van der Waals surface area (Å²) in [5.41, 5.74) is 3.77. The molecule has 4 rings (SSSR count). The van der Waals surface area contributed by atoms with Crippen LogP contribution in [-0.4, -0.2) is 24.0 Å². The third-order valence-electron chi connectivity index (χ3n) is 4.54. The Labute approximate surface area is 155 Å². The Bertz CT molecular complexity index is 1260. The van der Waals surface area contributed by atoms with Crippen LogP contribution in [0.25, 0.3) is 22.6 Å². The second-order valence-corrected chi connectivity index (χ2v) is 7.79. The van der Waals surface area contributed by atoms with Gasteiger partial charge < -0.3 is 0 Å². The van der Waals surface area contributed by atoms with Gasteiger partial charge in [-0.1, -0.05) is 20.8 Å². The third kappa shape index (κ3) is 2.79. The normalized spacial score (nSPS) is 12.2. The maximum atomic E-state index is 13.7. The number of nitrogens with zero attached hydrogens (tertiary/aromatic N) is 5. The van der Waals surface area contributed by atoms with E-state index in [1.807, 2.05) is 46.9 Å². The maximum Gasteiger partial charge on any atom is 0.262 e. The minimum Gasteiger partial charge on any atom is -0.269 e. The summed E-state index contributed by atoms with van der Waals surface area (Å²) in [7, 11) is 0. The van der Waals surface area contributed by atoms with Gasteiger partial charge in [-0.05, 0) is 37.5 Å². The summed E-state index contributed by atoms with van der Waals surface area (Å²) in [5.74, 6) is -0.482. The van der Waals surface area contributed by atoms with Crippen molar-refractivity contribution in [2.75, 3.05) is 0 Å². The van der Waals surface area contributed by atoms with E-state index in [1.54, 1.807) is 4.52 Å². The molecule has 4 aromatic heterocycles. The molecule has 0 N–H and O–H groups in total. The third-order valence-corrected chi connectivity index (χ3v) is 4.54. The van der Waals surface area contributed by atoms with Gasteiger partial charge in [0, 0.05) is 6.20 Å². The summed E-state index contributed by atoms with van der Waals surface area (Å²) in [6, 6.07) is 4.68. The van der Waals surface area contributed by atoms with Crippen molar-refractivity contribution < 1.29 is 4.39 Å². The van der Waals surface area contributed by atoms with Crippen molar-refractivity contribution in [2.45, 2.75) is 40.0 Å². The fraction of sp³-hybridized carbons (Fsp3) is 0.300. The van der Waals surface area contributed by atoms with E-state index in [1.165, 1.54) is 22.7 Å². The monoisotopic (exact) mass is 365 g/mol. The smallest absolute Gasteiger partial charge is 0.262 e. The van der Waals surface area contributed by atoms with Gasteiger partial charge >= 0.3 is 0 Å². The van der Waals surface area contributed by atoms with Crippen LogP contribution >= 0.6 is 0 Å². The van der Waals surface area contributed by atoms with E-state index in [9.17, 15) is 9.18 Å². The Balaban J connectivity index is 2.11. The van der Waals surface area contributed by atoms with Gasteiger partial charge in [0.25, 0.3) is 5.56 Å². The van der Waals surface area contributed by atoms with Crippen molar-refractivity contribution in [2.24, 2.45) is 0 Å². The first-order valence-corrected chi connectivity index (χ1v) is 8.71. The number of pyridine rings is 1. The van der Waals surface area contributed by atoms with E-state index in [0.717, 1.165) is 16.9 Å². The van der Waals surface area contributed by atoms with Crippen molar-refractivity contribution >= 4 is 11.2 Å². The molecule has 27 heavy (non-hydrogen) atoms. The van der Waals surface area contributed by atoms with E-state index < -0.39 is 11.2 Å². The molecule has 0 aliphatic carbocycles. The summed E-state index contributed by atoms with van der Waals surface area (Å²) in [4.78, 5) is 22.3. The van der Waals surface area contributed by atoms with Gasteiger partial charge in [0.2, 0.25) is 0 Å². The quantitative estimate of drug-likeness (QED) is 0.518. The van der Waals surface area contributed by atoms with Gasteiger partial charge in [-0.2, -0.15) is 5.10 Å². The minimum atomic E-state index is -0.494. The van der Waals surface area contributed by atoms with Gasteiger partial charge in [0.1, 0.15) is 22.9 Å². The summed E-state index contributed by atoms with van der Waals surface area (Å²) in [5, 5.41) is 4.64. The van der Waals surface area contributed by atoms with Crippen molar-refractivity contribution in [3.63, 3.8) is 0 Å². The predicted molar refractivity (Wildman–Crippen MR) is 102 cm³/mol. The van der Waals surface area contributed by atoms with E-state index in [2.05, 4.69) is 15.1 Å². The molecule has 0 fully saturated rings. The fourth-order valence-corrected chi connectivity index (χ4v) is 3.38. The summed E-state index contributed by atoms with van der Waals surface area (Å²) < 4.78 is 16.7. The van der Waals surface area contributed by atoms with E-state index in [-0.39, 0.29) is 5.56 Å². The molecule has 0 bridgehead atoms. The number of hydrogen-bond acceptors (Lipinski definition) is 4. The molecule has 0 aliphatic rings. The number of aromatic nitrogens is 5. The highest BCUT2D eigenvalue weighted by Gasteiger charge is 2.27. The van der Waals surface area contributed by atoms with Crippen LogP contribution < -0.4 is 5.56 Å². The number of aryl methyl sites for hydroxylation is 2. The van der Waals surface area contributed by atoms with Crippen LogP contribution in [0.5, 0.6) is 0 Å². The highest BCUT2D eigenvalue weighted by atomic mass is 19.1. The van der Waals surface area contributed by atoms with Gasteiger partial charge in [0.05, 0.1) is 28.7 Å². The van der Waals surface area contributed by atoms with E-state index in [4.69, 9.17) is 0 Å². The number of rotatable bonds is 1. The molecule has 4 heterocycles. The second kappa shape index (κ2) is 5.70. The van der Waals surface area contributed by atoms with E-state index in [0.29, 0.717) is 22.6 Å². The molecule has 0 amide bonds. The maximum absolute atomic E-state index is 13.7. The van der Waals surface area contributed by atoms with Crippen molar-refractivity contribution in [1.82, 2.24) is 24.0 Å². The SMILES string of the molecule is Cc1cn2nc(-c3nc4ccc(F)cn4c(=O)c3C(C)(C)C)cc2c(C)n1. The number of hydrogen-bond donors (Lipinski definition) is 0. The molecular weight excluding hydrogens is 345 g/mol. The summed E-state index contributed by atoms with van der Waals surface area (Å²) in [6.07, 6.45) is 3.01. The zero-order valence-electron chi connectivity index (χ0n) is 15.9. The van der Waals surface area contributed by atoms with Gasteiger partial charge in [0.15, 0.2) is 0 Å². The molecule has 0 unspecified atom stereocenters.